The van der Waals surface area contributed by atoms with Crippen molar-refractivity contribution >= 4 is 33.2 Å². The minimum absolute atomic E-state index is 0.0217. The normalized spacial score (nSPS) is 34.5. The van der Waals surface area contributed by atoms with Crippen molar-refractivity contribution in [2.24, 2.45) is 17.8 Å². The van der Waals surface area contributed by atoms with Crippen LogP contribution >= 0.6 is 11.6 Å². The number of hydrogen-bond donors (Lipinski definition) is 2. The third-order valence-electron chi connectivity index (χ3n) is 11.8. The van der Waals surface area contributed by atoms with Gasteiger partial charge in [-0.3, -0.25) is 9.69 Å². The molecule has 260 valence electrons. The van der Waals surface area contributed by atoms with Crippen molar-refractivity contribution in [3.63, 3.8) is 0 Å². The zero-order valence-corrected chi connectivity index (χ0v) is 29.6. The van der Waals surface area contributed by atoms with Gasteiger partial charge in [0.2, 0.25) is 10.0 Å². The molecule has 11 heteroatoms. The molecule has 48 heavy (non-hydrogen) atoms. The van der Waals surface area contributed by atoms with E-state index in [0.717, 1.165) is 55.9 Å². The van der Waals surface area contributed by atoms with E-state index in [1.807, 2.05) is 25.1 Å². The van der Waals surface area contributed by atoms with Gasteiger partial charge < -0.3 is 19.5 Å². The number of anilines is 1. The summed E-state index contributed by atoms with van der Waals surface area (Å²) in [6, 6.07) is 11.4. The second-order valence-electron chi connectivity index (χ2n) is 14.9. The van der Waals surface area contributed by atoms with Gasteiger partial charge in [-0.05, 0) is 105 Å². The molecule has 2 fully saturated rings. The quantitative estimate of drug-likeness (QED) is 0.425. The van der Waals surface area contributed by atoms with Gasteiger partial charge in [-0.15, -0.1) is 0 Å². The molecule has 1 saturated heterocycles. The first kappa shape index (κ1) is 33.8. The fraction of sp³-hybridized carbons (Fsp3) is 0.595. The highest BCUT2D eigenvalue weighted by Gasteiger charge is 2.48. The first-order valence-electron chi connectivity index (χ1n) is 17.5. The van der Waals surface area contributed by atoms with Crippen LogP contribution in [0.5, 0.6) is 5.75 Å². The highest BCUT2D eigenvalue weighted by atomic mass is 35.5. The molecule has 1 amide bonds. The number of fused-ring (bicyclic) bond motifs is 4. The number of ether oxygens (including phenoxy) is 2. The average Bonchev–Trinajstić information content (AvgIpc) is 3.19. The Morgan fingerprint density at radius 2 is 1.92 bits per heavy atom. The van der Waals surface area contributed by atoms with E-state index in [2.05, 4.69) is 26.7 Å². The number of amides is 1. The topological polar surface area (TPSA) is 108 Å². The van der Waals surface area contributed by atoms with Gasteiger partial charge in [0, 0.05) is 48.7 Å². The van der Waals surface area contributed by atoms with Crippen LogP contribution in [0, 0.1) is 17.8 Å². The number of rotatable bonds is 2. The molecule has 6 atom stereocenters. The largest absolute Gasteiger partial charge is 0.490 e. The van der Waals surface area contributed by atoms with Gasteiger partial charge in [-0.1, -0.05) is 36.7 Å². The van der Waals surface area contributed by atoms with Gasteiger partial charge in [0.15, 0.2) is 0 Å². The van der Waals surface area contributed by atoms with E-state index in [4.69, 9.17) is 21.1 Å². The zero-order chi connectivity index (χ0) is 33.7. The van der Waals surface area contributed by atoms with E-state index in [1.54, 1.807) is 25.1 Å². The van der Waals surface area contributed by atoms with Crippen molar-refractivity contribution in [1.29, 1.82) is 0 Å². The number of halogens is 1. The molecule has 0 radical (unpaired) electrons. The van der Waals surface area contributed by atoms with E-state index in [1.165, 1.54) is 11.1 Å². The summed E-state index contributed by atoms with van der Waals surface area (Å²) in [6.07, 6.45) is 9.19. The zero-order valence-electron chi connectivity index (χ0n) is 28.0. The fourth-order valence-electron chi connectivity index (χ4n) is 8.66. The number of carbonyl (C=O) groups excluding carboxylic acids is 1. The molecule has 1 saturated carbocycles. The number of hydrogen-bond acceptors (Lipinski definition) is 8. The van der Waals surface area contributed by atoms with Crippen molar-refractivity contribution in [3.8, 4) is 5.75 Å². The molecule has 2 N–H and O–H groups in total. The number of sulfonamides is 1. The summed E-state index contributed by atoms with van der Waals surface area (Å²) in [5.41, 5.74) is 2.19. The predicted octanol–water partition coefficient (Wildman–Crippen LogP) is 4.95. The molecule has 2 aliphatic carbocycles. The molecule has 2 aromatic carbocycles. The highest BCUT2D eigenvalue weighted by molar-refractivity contribution is 7.90. The maximum atomic E-state index is 13.5. The van der Waals surface area contributed by atoms with E-state index in [9.17, 15) is 18.3 Å². The summed E-state index contributed by atoms with van der Waals surface area (Å²) in [5.74, 6) is -0.00973. The van der Waals surface area contributed by atoms with Gasteiger partial charge in [0.25, 0.3) is 5.91 Å². The lowest BCUT2D eigenvalue weighted by atomic mass is 9.63. The van der Waals surface area contributed by atoms with Gasteiger partial charge >= 0.3 is 0 Å². The summed E-state index contributed by atoms with van der Waals surface area (Å²) in [6.45, 7) is 8.69. The lowest BCUT2D eigenvalue weighted by Crippen LogP contribution is -2.57. The van der Waals surface area contributed by atoms with Crippen molar-refractivity contribution in [2.45, 2.75) is 68.6 Å². The van der Waals surface area contributed by atoms with Crippen molar-refractivity contribution in [1.82, 2.24) is 9.62 Å². The lowest BCUT2D eigenvalue weighted by Gasteiger charge is -2.50. The summed E-state index contributed by atoms with van der Waals surface area (Å²) >= 11 is 6.45. The molecule has 7 rings (SSSR count). The van der Waals surface area contributed by atoms with E-state index in [0.29, 0.717) is 51.6 Å². The summed E-state index contributed by atoms with van der Waals surface area (Å²) < 4.78 is 41.4. The Labute approximate surface area is 289 Å². The minimum Gasteiger partial charge on any atom is -0.490 e. The van der Waals surface area contributed by atoms with Crippen LogP contribution in [0.3, 0.4) is 0 Å². The Morgan fingerprint density at radius 3 is 2.69 bits per heavy atom. The lowest BCUT2D eigenvalue weighted by molar-refractivity contribution is -0.0783. The van der Waals surface area contributed by atoms with E-state index < -0.39 is 26.8 Å². The Kier molecular flexibility index (Phi) is 9.34. The van der Waals surface area contributed by atoms with Crippen molar-refractivity contribution in [3.05, 3.63) is 70.3 Å². The van der Waals surface area contributed by atoms with E-state index >= 15 is 0 Å². The maximum absolute atomic E-state index is 13.5. The number of nitrogens with one attached hydrogen (secondary N) is 1. The van der Waals surface area contributed by atoms with Crippen LogP contribution in [-0.4, -0.2) is 87.7 Å². The first-order chi connectivity index (χ1) is 23.0. The Balaban J connectivity index is 1.30. The third kappa shape index (κ3) is 6.51. The molecule has 2 bridgehead atoms. The van der Waals surface area contributed by atoms with Crippen LogP contribution in [0.1, 0.15) is 67.4 Å². The SMILES string of the molecule is C[C@@H]1[C@@H](C)C/C=C\[C@@](O)(CN2CCOCC2)[C@@H]2CC[C@H]2CN2C[C@@]3(CCCc4cc(Cl)ccc43)COc3ccc(cc32)C(=O)NS1(=O)=O. The number of carbonyl (C=O) groups is 1. The molecule has 1 spiro atoms. The monoisotopic (exact) mass is 697 g/mol. The predicted molar refractivity (Wildman–Crippen MR) is 187 cm³/mol. The minimum atomic E-state index is -3.97. The highest BCUT2D eigenvalue weighted by Crippen LogP contribution is 2.48. The number of benzene rings is 2. The second-order valence-corrected chi connectivity index (χ2v) is 17.4. The van der Waals surface area contributed by atoms with Crippen LogP contribution in [0.2, 0.25) is 5.02 Å². The Bertz CT molecular complexity index is 1680. The summed E-state index contributed by atoms with van der Waals surface area (Å²) in [4.78, 5) is 18.2. The fourth-order valence-corrected chi connectivity index (χ4v) is 10.1. The van der Waals surface area contributed by atoms with Crippen LogP contribution in [0.4, 0.5) is 5.69 Å². The maximum Gasteiger partial charge on any atom is 0.264 e. The molecular weight excluding hydrogens is 650 g/mol. The second kappa shape index (κ2) is 13.2. The van der Waals surface area contributed by atoms with Crippen LogP contribution in [0.25, 0.3) is 0 Å². The Morgan fingerprint density at radius 1 is 1.10 bits per heavy atom. The summed E-state index contributed by atoms with van der Waals surface area (Å²) in [7, 11) is -3.97. The number of aliphatic hydroxyl groups is 1. The van der Waals surface area contributed by atoms with Crippen molar-refractivity contribution < 1.29 is 27.8 Å². The van der Waals surface area contributed by atoms with Gasteiger partial charge in [0.05, 0.1) is 36.4 Å². The summed E-state index contributed by atoms with van der Waals surface area (Å²) in [5, 5.41) is 12.4. The number of aryl methyl sites for hydroxylation is 1. The molecule has 0 aromatic heterocycles. The average molecular weight is 698 g/mol. The number of morpholine rings is 1. The van der Waals surface area contributed by atoms with Gasteiger partial charge in [-0.25, -0.2) is 13.1 Å². The molecule has 2 aromatic rings. The Hall–Kier alpha value is -2.63. The number of allylic oxidation sites excluding steroid dienone is 1. The van der Waals surface area contributed by atoms with Crippen LogP contribution in [-0.2, 0) is 26.6 Å². The molecule has 9 nitrogen and oxygen atoms in total. The van der Waals surface area contributed by atoms with Crippen LogP contribution in [0.15, 0.2) is 48.6 Å². The van der Waals surface area contributed by atoms with Gasteiger partial charge in [0.1, 0.15) is 5.75 Å². The van der Waals surface area contributed by atoms with Crippen molar-refractivity contribution in [2.75, 3.05) is 57.4 Å². The number of nitrogens with zero attached hydrogens (tertiary/aromatic N) is 2. The smallest absolute Gasteiger partial charge is 0.264 e. The number of β-amino-alcohol motifs (C(OH)–C–C–N with tert-alkyl or cyclic N) is 1. The molecule has 0 unspecified atom stereocenters. The molecule has 5 aliphatic rings. The van der Waals surface area contributed by atoms with Crippen LogP contribution < -0.4 is 14.4 Å². The van der Waals surface area contributed by atoms with E-state index in [-0.39, 0.29) is 28.7 Å². The third-order valence-corrected chi connectivity index (χ3v) is 14.0. The molecule has 3 aliphatic heterocycles. The first-order valence-corrected chi connectivity index (χ1v) is 19.5. The van der Waals surface area contributed by atoms with Gasteiger partial charge in [-0.2, -0.15) is 0 Å². The molecule has 3 heterocycles. The molecular formula is C37H48ClN3O6S. The standard InChI is InChI=1S/C37H48ClN3O6S/c1-25-5-3-14-37(43,23-40-15-17-46-18-16-40)32-10-7-29(32)21-41-22-36(13-4-6-27-19-30(38)9-11-31(27)36)24-47-34-12-8-28(20-33(34)41)35(42)39-48(44,45)26(25)2/h3,8-9,11-12,14,19-20,25-26,29,32,43H,4-7,10,13,15-18,21-24H2,1-2H3,(H,39,42)/b14-3-/t25-,26+,29-,32+,36-,37+/m0/s1.